The molecule has 1 aliphatic heterocycles. The summed E-state index contributed by atoms with van der Waals surface area (Å²) in [6.07, 6.45) is 1.96. The van der Waals surface area contributed by atoms with Crippen molar-refractivity contribution in [3.05, 3.63) is 58.8 Å². The number of hydrogen-bond acceptors (Lipinski definition) is 5. The lowest BCUT2D eigenvalue weighted by atomic mass is 10.1. The van der Waals surface area contributed by atoms with Crippen molar-refractivity contribution < 1.29 is 9.47 Å². The van der Waals surface area contributed by atoms with Crippen molar-refractivity contribution in [2.45, 2.75) is 0 Å². The van der Waals surface area contributed by atoms with E-state index in [9.17, 15) is 0 Å². The molecule has 0 amide bonds. The van der Waals surface area contributed by atoms with Crippen LogP contribution in [0.1, 0.15) is 4.88 Å². The number of ether oxygens (including phenoxy) is 2. The highest BCUT2D eigenvalue weighted by Gasteiger charge is 2.23. The average molecular weight is 350 g/mol. The maximum absolute atomic E-state index is 5.46. The quantitative estimate of drug-likeness (QED) is 0.667. The second-order valence-corrected chi connectivity index (χ2v) is 6.56. The molecular formula is C20H18N2O2S. The van der Waals surface area contributed by atoms with Gasteiger partial charge in [-0.2, -0.15) is 0 Å². The highest BCUT2D eigenvalue weighted by atomic mass is 32.1. The van der Waals surface area contributed by atoms with Crippen molar-refractivity contribution in [1.82, 2.24) is 0 Å². The Balaban J connectivity index is 1.82. The van der Waals surface area contributed by atoms with Crippen LogP contribution in [0, 0.1) is 0 Å². The SMILES string of the molecule is COc1ccc(N2CN=Cc3scc(-c4ccccc4)c32)cc1OC. The molecule has 0 spiro atoms. The van der Waals surface area contributed by atoms with E-state index >= 15 is 0 Å². The minimum atomic E-state index is 0.582. The van der Waals surface area contributed by atoms with Crippen molar-refractivity contribution in [1.29, 1.82) is 0 Å². The maximum Gasteiger partial charge on any atom is 0.162 e. The first kappa shape index (κ1) is 15.7. The number of aliphatic imine (C=N–C) groups is 1. The Morgan fingerprint density at radius 3 is 2.56 bits per heavy atom. The Kier molecular flexibility index (Phi) is 4.15. The summed E-state index contributed by atoms with van der Waals surface area (Å²) >= 11 is 1.72. The van der Waals surface area contributed by atoms with Crippen molar-refractivity contribution in [3.63, 3.8) is 0 Å². The minimum absolute atomic E-state index is 0.582. The molecule has 5 heteroatoms. The number of methoxy groups -OCH3 is 2. The Bertz CT molecular complexity index is 919. The summed E-state index contributed by atoms with van der Waals surface area (Å²) in [5, 5.41) is 2.20. The summed E-state index contributed by atoms with van der Waals surface area (Å²) < 4.78 is 10.8. The molecule has 126 valence electrons. The lowest BCUT2D eigenvalue weighted by Crippen LogP contribution is -2.21. The van der Waals surface area contributed by atoms with Crippen LogP contribution < -0.4 is 14.4 Å². The second kappa shape index (κ2) is 6.61. The van der Waals surface area contributed by atoms with Gasteiger partial charge in [0.1, 0.15) is 6.67 Å². The molecule has 4 rings (SSSR count). The first-order valence-corrected chi connectivity index (χ1v) is 8.86. The van der Waals surface area contributed by atoms with Crippen molar-refractivity contribution in [2.24, 2.45) is 4.99 Å². The first-order valence-electron chi connectivity index (χ1n) is 7.98. The fourth-order valence-electron chi connectivity index (χ4n) is 3.04. The zero-order valence-corrected chi connectivity index (χ0v) is 14.9. The van der Waals surface area contributed by atoms with Gasteiger partial charge >= 0.3 is 0 Å². The zero-order valence-electron chi connectivity index (χ0n) is 14.1. The van der Waals surface area contributed by atoms with Gasteiger partial charge in [0.05, 0.1) is 24.8 Å². The topological polar surface area (TPSA) is 34.1 Å². The van der Waals surface area contributed by atoms with E-state index in [1.807, 2.05) is 30.5 Å². The molecule has 0 aliphatic carbocycles. The Morgan fingerprint density at radius 2 is 1.80 bits per heavy atom. The highest BCUT2D eigenvalue weighted by molar-refractivity contribution is 7.13. The second-order valence-electron chi connectivity index (χ2n) is 5.65. The molecule has 1 aromatic heterocycles. The minimum Gasteiger partial charge on any atom is -0.493 e. The molecule has 0 N–H and O–H groups in total. The standard InChI is InChI=1S/C20H18N2O2S/c1-23-17-9-8-15(10-18(17)24-2)22-13-21-11-19-20(22)16(12-25-19)14-6-4-3-5-7-14/h3-12H,13H2,1-2H3. The maximum atomic E-state index is 5.46. The van der Waals surface area contributed by atoms with Gasteiger partial charge in [0, 0.05) is 28.9 Å². The molecule has 4 nitrogen and oxygen atoms in total. The zero-order chi connectivity index (χ0) is 17.2. The molecule has 2 aromatic carbocycles. The number of benzene rings is 2. The van der Waals surface area contributed by atoms with E-state index in [0.29, 0.717) is 12.4 Å². The van der Waals surface area contributed by atoms with Crippen molar-refractivity contribution in [2.75, 3.05) is 25.8 Å². The van der Waals surface area contributed by atoms with E-state index in [-0.39, 0.29) is 0 Å². The third-order valence-corrected chi connectivity index (χ3v) is 5.16. The van der Waals surface area contributed by atoms with Crippen LogP contribution in [0.15, 0.2) is 58.9 Å². The molecule has 0 radical (unpaired) electrons. The lowest BCUT2D eigenvalue weighted by molar-refractivity contribution is 0.355. The molecule has 0 saturated heterocycles. The summed E-state index contributed by atoms with van der Waals surface area (Å²) in [4.78, 5) is 7.91. The molecule has 0 saturated carbocycles. The number of nitrogens with zero attached hydrogens (tertiary/aromatic N) is 2. The van der Waals surface area contributed by atoms with Gasteiger partial charge in [-0.05, 0) is 17.7 Å². The Morgan fingerprint density at radius 1 is 1.00 bits per heavy atom. The van der Waals surface area contributed by atoms with Crippen LogP contribution in [0.3, 0.4) is 0 Å². The van der Waals surface area contributed by atoms with Gasteiger partial charge in [-0.25, -0.2) is 0 Å². The molecule has 2 heterocycles. The smallest absolute Gasteiger partial charge is 0.162 e. The van der Waals surface area contributed by atoms with E-state index in [2.05, 4.69) is 39.5 Å². The normalized spacial score (nSPS) is 12.8. The van der Waals surface area contributed by atoms with Gasteiger partial charge in [-0.3, -0.25) is 4.99 Å². The summed E-state index contributed by atoms with van der Waals surface area (Å²) in [6, 6.07) is 16.4. The van der Waals surface area contributed by atoms with Crippen molar-refractivity contribution >= 4 is 28.9 Å². The van der Waals surface area contributed by atoms with Gasteiger partial charge in [0.2, 0.25) is 0 Å². The third kappa shape index (κ3) is 2.76. The molecule has 1 aliphatic rings. The van der Waals surface area contributed by atoms with Crippen LogP contribution in [0.2, 0.25) is 0 Å². The third-order valence-electron chi connectivity index (χ3n) is 4.26. The lowest BCUT2D eigenvalue weighted by Gasteiger charge is -2.27. The summed E-state index contributed by atoms with van der Waals surface area (Å²) in [5.74, 6) is 1.44. The van der Waals surface area contributed by atoms with E-state index in [4.69, 9.17) is 9.47 Å². The predicted molar refractivity (Wildman–Crippen MR) is 104 cm³/mol. The average Bonchev–Trinajstić information content (AvgIpc) is 3.12. The molecule has 0 unspecified atom stereocenters. The number of hydrogen-bond donors (Lipinski definition) is 0. The molecule has 0 atom stereocenters. The van der Waals surface area contributed by atoms with Crippen LogP contribution in [0.4, 0.5) is 11.4 Å². The van der Waals surface area contributed by atoms with E-state index < -0.39 is 0 Å². The molecule has 25 heavy (non-hydrogen) atoms. The number of thiophene rings is 1. The van der Waals surface area contributed by atoms with Crippen LogP contribution in [0.25, 0.3) is 11.1 Å². The van der Waals surface area contributed by atoms with E-state index in [1.165, 1.54) is 21.7 Å². The van der Waals surface area contributed by atoms with Gasteiger partial charge in [0.15, 0.2) is 11.5 Å². The van der Waals surface area contributed by atoms with Crippen LogP contribution in [-0.2, 0) is 0 Å². The van der Waals surface area contributed by atoms with Crippen LogP contribution in [0.5, 0.6) is 11.5 Å². The molecule has 0 fully saturated rings. The fraction of sp³-hybridized carbons (Fsp3) is 0.150. The molecule has 0 bridgehead atoms. The summed E-state index contributed by atoms with van der Waals surface area (Å²) in [6.45, 7) is 0.582. The number of anilines is 2. The van der Waals surface area contributed by atoms with E-state index in [1.54, 1.807) is 25.6 Å². The van der Waals surface area contributed by atoms with E-state index in [0.717, 1.165) is 11.4 Å². The Labute approximate surface area is 151 Å². The largest absolute Gasteiger partial charge is 0.493 e. The van der Waals surface area contributed by atoms with Gasteiger partial charge in [-0.1, -0.05) is 30.3 Å². The van der Waals surface area contributed by atoms with Gasteiger partial charge in [0.25, 0.3) is 0 Å². The van der Waals surface area contributed by atoms with Gasteiger partial charge in [-0.15, -0.1) is 11.3 Å². The highest BCUT2D eigenvalue weighted by Crippen LogP contribution is 2.44. The fourth-order valence-corrected chi connectivity index (χ4v) is 4.00. The number of fused-ring (bicyclic) bond motifs is 1. The molecular weight excluding hydrogens is 332 g/mol. The summed E-state index contributed by atoms with van der Waals surface area (Å²) in [5.41, 5.74) is 4.66. The predicted octanol–water partition coefficient (Wildman–Crippen LogP) is 4.96. The summed E-state index contributed by atoms with van der Waals surface area (Å²) in [7, 11) is 3.30. The monoisotopic (exact) mass is 350 g/mol. The Hall–Kier alpha value is -2.79. The first-order chi connectivity index (χ1) is 12.3. The van der Waals surface area contributed by atoms with Crippen molar-refractivity contribution in [3.8, 4) is 22.6 Å². The number of rotatable bonds is 4. The van der Waals surface area contributed by atoms with Crippen LogP contribution in [-0.4, -0.2) is 27.1 Å². The van der Waals surface area contributed by atoms with Gasteiger partial charge < -0.3 is 14.4 Å². The molecule has 3 aromatic rings. The van der Waals surface area contributed by atoms with Crippen LogP contribution >= 0.6 is 11.3 Å².